The Kier molecular flexibility index (Phi) is 8.78. The minimum absolute atomic E-state index is 0.130. The van der Waals surface area contributed by atoms with Crippen LogP contribution in [-0.2, 0) is 9.53 Å². The smallest absolute Gasteiger partial charge is 0.309 e. The fraction of sp³-hybridized carbons (Fsp3) is 0.786. The van der Waals surface area contributed by atoms with Crippen LogP contribution in [0.4, 0.5) is 0 Å². The molecule has 0 spiro atoms. The van der Waals surface area contributed by atoms with E-state index in [1.165, 1.54) is 12.8 Å². The normalized spacial score (nSPS) is 23.6. The first-order chi connectivity index (χ1) is 7.95. The lowest BCUT2D eigenvalue weighted by Gasteiger charge is -2.26. The molecule has 0 aliphatic heterocycles. The second-order valence-electron chi connectivity index (χ2n) is 4.97. The number of rotatable bonds is 3. The summed E-state index contributed by atoms with van der Waals surface area (Å²) in [5.74, 6) is 0.574. The van der Waals surface area contributed by atoms with Crippen molar-refractivity contribution < 1.29 is 14.6 Å². The second kappa shape index (κ2) is 9.23. The van der Waals surface area contributed by atoms with Gasteiger partial charge in [-0.25, -0.2) is 0 Å². The lowest BCUT2D eigenvalue weighted by molar-refractivity contribution is -0.150. The number of aliphatic hydroxyl groups excluding tert-OH is 1. The molecule has 100 valence electrons. The molecule has 0 aromatic rings. The first-order valence-electron chi connectivity index (χ1n) is 6.44. The summed E-state index contributed by atoms with van der Waals surface area (Å²) in [7, 11) is 0. The third-order valence-electron chi connectivity index (χ3n) is 2.50. The summed E-state index contributed by atoms with van der Waals surface area (Å²) in [5, 5.41) is 8.06. The number of hydrogen-bond donors (Lipinski definition) is 1. The van der Waals surface area contributed by atoms with E-state index >= 15 is 0 Å². The lowest BCUT2D eigenvalue weighted by Crippen LogP contribution is -2.24. The maximum Gasteiger partial charge on any atom is 0.309 e. The van der Waals surface area contributed by atoms with Crippen LogP contribution in [0.3, 0.4) is 0 Å². The van der Waals surface area contributed by atoms with E-state index in [0.29, 0.717) is 12.3 Å². The molecule has 1 fully saturated rings. The van der Waals surface area contributed by atoms with Gasteiger partial charge in [-0.15, -0.1) is 6.58 Å². The van der Waals surface area contributed by atoms with Gasteiger partial charge in [0, 0.05) is 6.10 Å². The number of carbonyl (C=O) groups is 1. The summed E-state index contributed by atoms with van der Waals surface area (Å²) in [4.78, 5) is 11.1. The molecular formula is C14H26O3. The number of carbonyl (C=O) groups excluding carboxylic acids is 1. The summed E-state index contributed by atoms with van der Waals surface area (Å²) >= 11 is 0. The molecule has 0 radical (unpaired) electrons. The Morgan fingerprint density at radius 3 is 2.59 bits per heavy atom. The quantitative estimate of drug-likeness (QED) is 0.611. The second-order valence-corrected chi connectivity index (χ2v) is 4.97. The van der Waals surface area contributed by atoms with Crippen molar-refractivity contribution in [2.45, 2.75) is 65.1 Å². The van der Waals surface area contributed by atoms with Gasteiger partial charge in [-0.1, -0.05) is 19.4 Å². The molecule has 0 aromatic heterocycles. The van der Waals surface area contributed by atoms with Gasteiger partial charge in [0.05, 0.1) is 6.42 Å². The SMILES string of the molecule is C=CCC(=O)O[C@@H]1CCC[C@H](C)C1.CC(C)O. The van der Waals surface area contributed by atoms with Crippen molar-refractivity contribution >= 4 is 5.97 Å². The molecular weight excluding hydrogens is 216 g/mol. The summed E-state index contributed by atoms with van der Waals surface area (Å²) in [6, 6.07) is 0. The number of aliphatic hydroxyl groups is 1. The van der Waals surface area contributed by atoms with Crippen LogP contribution < -0.4 is 0 Å². The van der Waals surface area contributed by atoms with Gasteiger partial charge >= 0.3 is 5.97 Å². The molecule has 3 heteroatoms. The molecule has 0 aromatic carbocycles. The maximum absolute atomic E-state index is 11.1. The van der Waals surface area contributed by atoms with E-state index in [1.54, 1.807) is 19.9 Å². The molecule has 2 atom stereocenters. The average molecular weight is 242 g/mol. The molecule has 1 aliphatic rings. The Morgan fingerprint density at radius 2 is 2.12 bits per heavy atom. The standard InChI is InChI=1S/C11H18O2.C3H8O/c1-3-5-11(12)13-10-7-4-6-9(2)8-10;1-3(2)4/h3,9-10H,1,4-8H2,2H3;3-4H,1-2H3/t9-,10+;/m0./s1. The molecule has 0 unspecified atom stereocenters. The zero-order chi connectivity index (χ0) is 13.3. The molecule has 0 bridgehead atoms. The Bertz CT molecular complexity index is 221. The first kappa shape index (κ1) is 16.2. The van der Waals surface area contributed by atoms with Crippen LogP contribution in [0.15, 0.2) is 12.7 Å². The summed E-state index contributed by atoms with van der Waals surface area (Å²) < 4.78 is 5.29. The predicted octanol–water partition coefficient (Wildman–Crippen LogP) is 3.07. The van der Waals surface area contributed by atoms with E-state index < -0.39 is 0 Å². The Balaban J connectivity index is 0.000000557. The number of esters is 1. The van der Waals surface area contributed by atoms with E-state index in [4.69, 9.17) is 9.84 Å². The highest BCUT2D eigenvalue weighted by molar-refractivity contribution is 5.71. The van der Waals surface area contributed by atoms with Gasteiger partial charge < -0.3 is 9.84 Å². The Hall–Kier alpha value is -0.830. The van der Waals surface area contributed by atoms with Gasteiger partial charge in [0.15, 0.2) is 0 Å². The minimum atomic E-state index is -0.167. The van der Waals surface area contributed by atoms with Crippen LogP contribution in [0.5, 0.6) is 0 Å². The summed E-state index contributed by atoms with van der Waals surface area (Å²) in [5.41, 5.74) is 0. The van der Waals surface area contributed by atoms with Crippen molar-refractivity contribution in [2.75, 3.05) is 0 Å². The molecule has 17 heavy (non-hydrogen) atoms. The van der Waals surface area contributed by atoms with Crippen molar-refractivity contribution in [1.29, 1.82) is 0 Å². The topological polar surface area (TPSA) is 46.5 Å². The maximum atomic E-state index is 11.1. The van der Waals surface area contributed by atoms with Crippen LogP contribution in [-0.4, -0.2) is 23.3 Å². The van der Waals surface area contributed by atoms with Gasteiger partial charge in [0.1, 0.15) is 6.10 Å². The average Bonchev–Trinajstić information content (AvgIpc) is 2.16. The molecule has 1 rings (SSSR count). The molecule has 1 saturated carbocycles. The lowest BCUT2D eigenvalue weighted by atomic mass is 9.89. The van der Waals surface area contributed by atoms with Crippen molar-refractivity contribution in [1.82, 2.24) is 0 Å². The van der Waals surface area contributed by atoms with Crippen molar-refractivity contribution in [3.63, 3.8) is 0 Å². The fourth-order valence-corrected chi connectivity index (χ4v) is 1.84. The van der Waals surface area contributed by atoms with Crippen LogP contribution in [0.25, 0.3) is 0 Å². The highest BCUT2D eigenvalue weighted by Crippen LogP contribution is 2.25. The largest absolute Gasteiger partial charge is 0.462 e. The molecule has 0 amide bonds. The van der Waals surface area contributed by atoms with E-state index in [9.17, 15) is 4.79 Å². The third-order valence-corrected chi connectivity index (χ3v) is 2.50. The van der Waals surface area contributed by atoms with E-state index in [2.05, 4.69) is 13.5 Å². The van der Waals surface area contributed by atoms with Crippen LogP contribution >= 0.6 is 0 Å². The van der Waals surface area contributed by atoms with Crippen LogP contribution in [0.2, 0.25) is 0 Å². The van der Waals surface area contributed by atoms with Gasteiger partial charge in [0.2, 0.25) is 0 Å². The fourth-order valence-electron chi connectivity index (χ4n) is 1.84. The predicted molar refractivity (Wildman–Crippen MR) is 69.7 cm³/mol. The minimum Gasteiger partial charge on any atom is -0.462 e. The van der Waals surface area contributed by atoms with E-state index in [1.807, 2.05) is 0 Å². The zero-order valence-electron chi connectivity index (χ0n) is 11.3. The first-order valence-corrected chi connectivity index (χ1v) is 6.44. The van der Waals surface area contributed by atoms with Crippen molar-refractivity contribution in [3.05, 3.63) is 12.7 Å². The summed E-state index contributed by atoms with van der Waals surface area (Å²) in [6.45, 7) is 9.17. The number of ether oxygens (including phenoxy) is 1. The zero-order valence-corrected chi connectivity index (χ0v) is 11.3. The van der Waals surface area contributed by atoms with Crippen LogP contribution in [0, 0.1) is 5.92 Å². The molecule has 1 N–H and O–H groups in total. The highest BCUT2D eigenvalue weighted by Gasteiger charge is 2.21. The third kappa shape index (κ3) is 10.1. The van der Waals surface area contributed by atoms with Gasteiger partial charge in [-0.3, -0.25) is 4.79 Å². The summed E-state index contributed by atoms with van der Waals surface area (Å²) in [6.07, 6.45) is 6.45. The van der Waals surface area contributed by atoms with Gasteiger partial charge in [0.25, 0.3) is 0 Å². The van der Waals surface area contributed by atoms with Crippen molar-refractivity contribution in [3.8, 4) is 0 Å². The monoisotopic (exact) mass is 242 g/mol. The molecule has 0 saturated heterocycles. The highest BCUT2D eigenvalue weighted by atomic mass is 16.5. The van der Waals surface area contributed by atoms with Gasteiger partial charge in [-0.05, 0) is 39.0 Å². The van der Waals surface area contributed by atoms with E-state index in [-0.39, 0.29) is 18.2 Å². The molecule has 1 aliphatic carbocycles. The number of hydrogen-bond acceptors (Lipinski definition) is 3. The Morgan fingerprint density at radius 1 is 1.53 bits per heavy atom. The molecule has 0 heterocycles. The Labute approximate surface area is 105 Å². The van der Waals surface area contributed by atoms with Crippen molar-refractivity contribution in [2.24, 2.45) is 5.92 Å². The van der Waals surface area contributed by atoms with E-state index in [0.717, 1.165) is 12.8 Å². The van der Waals surface area contributed by atoms with Crippen LogP contribution in [0.1, 0.15) is 52.9 Å². The molecule has 3 nitrogen and oxygen atoms in total. The van der Waals surface area contributed by atoms with Gasteiger partial charge in [-0.2, -0.15) is 0 Å².